The van der Waals surface area contributed by atoms with Crippen LogP contribution >= 0.6 is 0 Å². The van der Waals surface area contributed by atoms with Crippen molar-refractivity contribution in [2.45, 2.75) is 65.2 Å². The van der Waals surface area contributed by atoms with Gasteiger partial charge in [-0.15, -0.1) is 0 Å². The average Bonchev–Trinajstić information content (AvgIpc) is 2.62. The molecule has 0 N–H and O–H groups in total. The topological polar surface area (TPSA) is 20.3 Å². The maximum atomic E-state index is 12.6. The Kier molecular flexibility index (Phi) is 7.64. The van der Waals surface area contributed by atoms with Crippen LogP contribution in [0.3, 0.4) is 0 Å². The van der Waals surface area contributed by atoms with Gasteiger partial charge >= 0.3 is 0 Å². The van der Waals surface area contributed by atoms with E-state index < -0.39 is 0 Å². The van der Waals surface area contributed by atoms with Gasteiger partial charge in [0.2, 0.25) is 5.91 Å². The summed E-state index contributed by atoms with van der Waals surface area (Å²) in [5.74, 6) is 1.47. The van der Waals surface area contributed by atoms with E-state index in [1.54, 1.807) is 0 Å². The SMILES string of the molecule is CCCCC(CC)C(=O)N1CCC(CCc2ccccc2)CC1. The maximum absolute atomic E-state index is 12.6. The lowest BCUT2D eigenvalue weighted by Gasteiger charge is -2.34. The Balaban J connectivity index is 1.73. The number of benzene rings is 1. The summed E-state index contributed by atoms with van der Waals surface area (Å²) >= 11 is 0. The van der Waals surface area contributed by atoms with Crippen LogP contribution in [0, 0.1) is 11.8 Å². The lowest BCUT2D eigenvalue weighted by atomic mass is 9.89. The number of aryl methyl sites for hydroxylation is 1. The van der Waals surface area contributed by atoms with Crippen LogP contribution in [0.15, 0.2) is 30.3 Å². The molecule has 1 aliphatic heterocycles. The molecule has 1 heterocycles. The van der Waals surface area contributed by atoms with Crippen molar-refractivity contribution >= 4 is 5.91 Å². The second-order valence-electron chi connectivity index (χ2n) is 7.04. The molecule has 128 valence electrons. The number of likely N-dealkylation sites (tertiary alicyclic amines) is 1. The first-order chi connectivity index (χ1) is 11.2. The molecular formula is C21H33NO. The molecule has 1 unspecified atom stereocenters. The monoisotopic (exact) mass is 315 g/mol. The van der Waals surface area contributed by atoms with Crippen LogP contribution in [0.2, 0.25) is 0 Å². The Morgan fingerprint density at radius 1 is 1.17 bits per heavy atom. The Labute approximate surface area is 142 Å². The summed E-state index contributed by atoms with van der Waals surface area (Å²) in [5, 5.41) is 0. The number of unbranched alkanes of at least 4 members (excludes halogenated alkanes) is 1. The highest BCUT2D eigenvalue weighted by atomic mass is 16.2. The van der Waals surface area contributed by atoms with E-state index in [4.69, 9.17) is 0 Å². The van der Waals surface area contributed by atoms with E-state index in [2.05, 4.69) is 49.1 Å². The van der Waals surface area contributed by atoms with Crippen LogP contribution in [0.1, 0.15) is 64.4 Å². The van der Waals surface area contributed by atoms with Crippen molar-refractivity contribution in [2.75, 3.05) is 13.1 Å². The highest BCUT2D eigenvalue weighted by molar-refractivity contribution is 5.78. The molecule has 1 atom stereocenters. The molecule has 0 aliphatic carbocycles. The van der Waals surface area contributed by atoms with E-state index in [1.807, 2.05) is 0 Å². The van der Waals surface area contributed by atoms with Crippen molar-refractivity contribution in [3.8, 4) is 0 Å². The fraction of sp³-hybridized carbons (Fsp3) is 0.667. The molecule has 0 aromatic heterocycles. The largest absolute Gasteiger partial charge is 0.342 e. The lowest BCUT2D eigenvalue weighted by Crippen LogP contribution is -2.41. The molecule has 0 radical (unpaired) electrons. The fourth-order valence-electron chi connectivity index (χ4n) is 3.67. The third-order valence-electron chi connectivity index (χ3n) is 5.36. The van der Waals surface area contributed by atoms with Crippen molar-refractivity contribution in [3.63, 3.8) is 0 Å². The van der Waals surface area contributed by atoms with Crippen LogP contribution in [0.5, 0.6) is 0 Å². The minimum absolute atomic E-state index is 0.260. The number of carbonyl (C=O) groups is 1. The van der Waals surface area contributed by atoms with Gasteiger partial charge < -0.3 is 4.90 Å². The molecule has 0 bridgehead atoms. The standard InChI is InChI=1S/C21H33NO/c1-3-5-11-20(4-2)21(23)22-16-14-19(15-17-22)13-12-18-9-7-6-8-10-18/h6-10,19-20H,3-5,11-17H2,1-2H3. The predicted octanol–water partition coefficient (Wildman–Crippen LogP) is 5.07. The quantitative estimate of drug-likeness (QED) is 0.655. The normalized spacial score (nSPS) is 17.2. The van der Waals surface area contributed by atoms with Crippen molar-refractivity contribution in [3.05, 3.63) is 35.9 Å². The number of rotatable bonds is 8. The molecule has 2 rings (SSSR count). The van der Waals surface area contributed by atoms with Gasteiger partial charge in [0.25, 0.3) is 0 Å². The Hall–Kier alpha value is -1.31. The summed E-state index contributed by atoms with van der Waals surface area (Å²) in [4.78, 5) is 14.8. The molecule has 1 fully saturated rings. The first-order valence-electron chi connectivity index (χ1n) is 9.57. The van der Waals surface area contributed by atoms with E-state index >= 15 is 0 Å². The number of hydrogen-bond acceptors (Lipinski definition) is 1. The Morgan fingerprint density at radius 2 is 1.87 bits per heavy atom. The highest BCUT2D eigenvalue weighted by Crippen LogP contribution is 2.25. The molecule has 2 nitrogen and oxygen atoms in total. The van der Waals surface area contributed by atoms with Gasteiger partial charge in [-0.25, -0.2) is 0 Å². The van der Waals surface area contributed by atoms with Gasteiger partial charge in [0.15, 0.2) is 0 Å². The summed E-state index contributed by atoms with van der Waals surface area (Å²) in [6, 6.07) is 10.8. The zero-order valence-corrected chi connectivity index (χ0v) is 15.0. The van der Waals surface area contributed by atoms with E-state index in [9.17, 15) is 4.79 Å². The fourth-order valence-corrected chi connectivity index (χ4v) is 3.67. The van der Waals surface area contributed by atoms with Crippen LogP contribution in [-0.2, 0) is 11.2 Å². The molecule has 0 saturated carbocycles. The van der Waals surface area contributed by atoms with Crippen molar-refractivity contribution in [2.24, 2.45) is 11.8 Å². The molecule has 1 saturated heterocycles. The van der Waals surface area contributed by atoms with E-state index in [-0.39, 0.29) is 5.92 Å². The van der Waals surface area contributed by atoms with Crippen LogP contribution in [0.25, 0.3) is 0 Å². The van der Waals surface area contributed by atoms with E-state index in [0.29, 0.717) is 5.91 Å². The molecule has 1 aromatic carbocycles. The van der Waals surface area contributed by atoms with Gasteiger partial charge in [0.1, 0.15) is 0 Å². The summed E-state index contributed by atoms with van der Waals surface area (Å²) in [6.07, 6.45) is 9.23. The van der Waals surface area contributed by atoms with Gasteiger partial charge in [0, 0.05) is 19.0 Å². The zero-order valence-electron chi connectivity index (χ0n) is 15.0. The smallest absolute Gasteiger partial charge is 0.225 e. The molecule has 1 amide bonds. The number of piperidine rings is 1. The molecular weight excluding hydrogens is 282 g/mol. The lowest BCUT2D eigenvalue weighted by molar-refractivity contribution is -0.137. The second kappa shape index (κ2) is 9.75. The van der Waals surface area contributed by atoms with E-state index in [0.717, 1.165) is 31.8 Å². The van der Waals surface area contributed by atoms with Crippen molar-refractivity contribution in [1.29, 1.82) is 0 Å². The van der Waals surface area contributed by atoms with Gasteiger partial charge in [-0.05, 0) is 50.0 Å². The average molecular weight is 316 g/mol. The summed E-state index contributed by atoms with van der Waals surface area (Å²) in [6.45, 7) is 6.31. The minimum atomic E-state index is 0.260. The Bertz CT molecular complexity index is 448. The number of amides is 1. The maximum Gasteiger partial charge on any atom is 0.225 e. The molecule has 23 heavy (non-hydrogen) atoms. The molecule has 1 aromatic rings. The molecule has 2 heteroatoms. The number of carbonyl (C=O) groups excluding carboxylic acids is 1. The highest BCUT2D eigenvalue weighted by Gasteiger charge is 2.26. The summed E-state index contributed by atoms with van der Waals surface area (Å²) in [5.41, 5.74) is 1.44. The number of hydrogen-bond donors (Lipinski definition) is 0. The van der Waals surface area contributed by atoms with Crippen LogP contribution in [0.4, 0.5) is 0 Å². The minimum Gasteiger partial charge on any atom is -0.342 e. The van der Waals surface area contributed by atoms with E-state index in [1.165, 1.54) is 44.1 Å². The predicted molar refractivity (Wildman–Crippen MR) is 97.4 cm³/mol. The summed E-state index contributed by atoms with van der Waals surface area (Å²) < 4.78 is 0. The Morgan fingerprint density at radius 3 is 2.48 bits per heavy atom. The van der Waals surface area contributed by atoms with Gasteiger partial charge in [0.05, 0.1) is 0 Å². The number of nitrogens with zero attached hydrogens (tertiary/aromatic N) is 1. The van der Waals surface area contributed by atoms with Crippen molar-refractivity contribution in [1.82, 2.24) is 4.90 Å². The first kappa shape index (κ1) is 18.0. The van der Waals surface area contributed by atoms with Crippen LogP contribution in [-0.4, -0.2) is 23.9 Å². The first-order valence-corrected chi connectivity index (χ1v) is 9.57. The van der Waals surface area contributed by atoms with Crippen molar-refractivity contribution < 1.29 is 4.79 Å². The van der Waals surface area contributed by atoms with Gasteiger partial charge in [-0.1, -0.05) is 57.0 Å². The zero-order chi connectivity index (χ0) is 16.5. The third kappa shape index (κ3) is 5.67. The third-order valence-corrected chi connectivity index (χ3v) is 5.36. The molecule has 0 spiro atoms. The second-order valence-corrected chi connectivity index (χ2v) is 7.04. The summed E-state index contributed by atoms with van der Waals surface area (Å²) in [7, 11) is 0. The van der Waals surface area contributed by atoms with Crippen LogP contribution < -0.4 is 0 Å². The van der Waals surface area contributed by atoms with Gasteiger partial charge in [-0.3, -0.25) is 4.79 Å². The van der Waals surface area contributed by atoms with Gasteiger partial charge in [-0.2, -0.15) is 0 Å². The molecule has 1 aliphatic rings.